The molecule has 0 unspecified atom stereocenters. The smallest absolute Gasteiger partial charge is 0.231 e. The van der Waals surface area contributed by atoms with Gasteiger partial charge in [0, 0.05) is 23.1 Å². The fourth-order valence-corrected chi connectivity index (χ4v) is 3.90. The van der Waals surface area contributed by atoms with Crippen molar-refractivity contribution in [2.75, 3.05) is 28.1 Å². The van der Waals surface area contributed by atoms with E-state index < -0.39 is 0 Å². The average molecular weight is 398 g/mol. The van der Waals surface area contributed by atoms with Crippen LogP contribution in [0.5, 0.6) is 34.5 Å². The number of benzene rings is 2. The number of hydrogen-bond acceptors (Lipinski definition) is 7. The number of allylic oxidation sites excluding steroid dienone is 2. The molecule has 0 aliphatic carbocycles. The van der Waals surface area contributed by atoms with E-state index in [4.69, 9.17) is 28.4 Å². The normalized spacial score (nSPS) is 16.8. The molecule has 1 atom stereocenters. The van der Waals surface area contributed by atoms with Gasteiger partial charge in [-0.2, -0.15) is 0 Å². The van der Waals surface area contributed by atoms with Gasteiger partial charge in [-0.15, -0.1) is 0 Å². The van der Waals surface area contributed by atoms with Crippen LogP contribution in [0, 0.1) is 0 Å². The first kappa shape index (κ1) is 19.0. The molecular weight excluding hydrogens is 376 g/mol. The maximum atomic E-state index is 12.6. The summed E-state index contributed by atoms with van der Waals surface area (Å²) in [6.45, 7) is 3.47. The third-order valence-electron chi connectivity index (χ3n) is 5.15. The lowest BCUT2D eigenvalue weighted by Crippen LogP contribution is -2.20. The average Bonchev–Trinajstić information content (AvgIpc) is 3.17. The molecule has 0 fully saturated rings. The largest absolute Gasteiger partial charge is 0.493 e. The second-order valence-corrected chi connectivity index (χ2v) is 6.76. The highest BCUT2D eigenvalue weighted by molar-refractivity contribution is 5.97. The van der Waals surface area contributed by atoms with E-state index in [-0.39, 0.29) is 18.5 Å². The Kier molecular flexibility index (Phi) is 4.74. The first-order valence-corrected chi connectivity index (χ1v) is 9.11. The molecule has 29 heavy (non-hydrogen) atoms. The van der Waals surface area contributed by atoms with E-state index in [0.717, 1.165) is 11.1 Å². The Hall–Kier alpha value is -3.35. The van der Waals surface area contributed by atoms with Gasteiger partial charge in [-0.25, -0.2) is 0 Å². The van der Waals surface area contributed by atoms with Crippen LogP contribution in [0.4, 0.5) is 0 Å². The van der Waals surface area contributed by atoms with Crippen LogP contribution in [0.2, 0.25) is 0 Å². The number of ketones is 1. The third-order valence-corrected chi connectivity index (χ3v) is 5.15. The van der Waals surface area contributed by atoms with Crippen molar-refractivity contribution in [3.63, 3.8) is 0 Å². The summed E-state index contributed by atoms with van der Waals surface area (Å²) >= 11 is 0. The van der Waals surface area contributed by atoms with Crippen molar-refractivity contribution in [3.05, 3.63) is 46.7 Å². The van der Waals surface area contributed by atoms with Crippen LogP contribution in [0.25, 0.3) is 0 Å². The summed E-state index contributed by atoms with van der Waals surface area (Å²) in [7, 11) is 4.67. The van der Waals surface area contributed by atoms with E-state index in [1.165, 1.54) is 6.92 Å². The van der Waals surface area contributed by atoms with Gasteiger partial charge in [-0.3, -0.25) is 4.79 Å². The molecule has 152 valence electrons. The zero-order valence-corrected chi connectivity index (χ0v) is 17.0. The highest BCUT2D eigenvalue weighted by atomic mass is 16.7. The highest BCUT2D eigenvalue weighted by Gasteiger charge is 2.35. The SMILES string of the molecule is COc1cc([C@@H]2C(C(C)=O)=C(C)Oc3cc4c(cc32)OCO4)cc(OC)c1OC. The van der Waals surface area contributed by atoms with Crippen molar-refractivity contribution >= 4 is 5.78 Å². The van der Waals surface area contributed by atoms with Crippen LogP contribution in [0.3, 0.4) is 0 Å². The lowest BCUT2D eigenvalue weighted by molar-refractivity contribution is -0.114. The van der Waals surface area contributed by atoms with Gasteiger partial charge in [0.2, 0.25) is 12.5 Å². The molecule has 2 aliphatic heterocycles. The van der Waals surface area contributed by atoms with Crippen molar-refractivity contribution in [2.24, 2.45) is 0 Å². The summed E-state index contributed by atoms with van der Waals surface area (Å²) in [5.41, 5.74) is 2.18. The predicted molar refractivity (Wildman–Crippen MR) is 105 cm³/mol. The molecule has 0 spiro atoms. The Morgan fingerprint density at radius 2 is 1.55 bits per heavy atom. The van der Waals surface area contributed by atoms with Crippen molar-refractivity contribution in [3.8, 4) is 34.5 Å². The van der Waals surface area contributed by atoms with Crippen LogP contribution >= 0.6 is 0 Å². The highest BCUT2D eigenvalue weighted by Crippen LogP contribution is 2.51. The Bertz CT molecular complexity index is 997. The maximum absolute atomic E-state index is 12.6. The molecule has 2 aromatic rings. The molecule has 0 saturated heterocycles. The quantitative estimate of drug-likeness (QED) is 0.758. The van der Waals surface area contributed by atoms with Gasteiger partial charge in [0.1, 0.15) is 11.5 Å². The molecule has 0 N–H and O–H groups in total. The summed E-state index contributed by atoms with van der Waals surface area (Å²) in [4.78, 5) is 12.6. The van der Waals surface area contributed by atoms with Gasteiger partial charge in [0.05, 0.1) is 21.3 Å². The molecule has 2 heterocycles. The van der Waals surface area contributed by atoms with Gasteiger partial charge in [-0.05, 0) is 37.6 Å². The Morgan fingerprint density at radius 1 is 0.931 bits per heavy atom. The topological polar surface area (TPSA) is 72.5 Å². The van der Waals surface area contributed by atoms with Crippen LogP contribution in [0.1, 0.15) is 30.9 Å². The number of carbonyl (C=O) groups is 1. The lowest BCUT2D eigenvalue weighted by Gasteiger charge is -2.30. The molecule has 4 rings (SSSR count). The van der Waals surface area contributed by atoms with E-state index in [1.54, 1.807) is 34.3 Å². The molecule has 0 amide bonds. The van der Waals surface area contributed by atoms with Crippen molar-refractivity contribution in [1.82, 2.24) is 0 Å². The third kappa shape index (κ3) is 3.03. The van der Waals surface area contributed by atoms with Gasteiger partial charge in [0.25, 0.3) is 0 Å². The number of hydrogen-bond donors (Lipinski definition) is 0. The van der Waals surface area contributed by atoms with E-state index in [2.05, 4.69) is 0 Å². The van der Waals surface area contributed by atoms with E-state index >= 15 is 0 Å². The summed E-state index contributed by atoms with van der Waals surface area (Å²) in [5.74, 6) is 3.44. The summed E-state index contributed by atoms with van der Waals surface area (Å²) in [5, 5.41) is 0. The Morgan fingerprint density at radius 3 is 2.10 bits per heavy atom. The van der Waals surface area contributed by atoms with Gasteiger partial charge in [0.15, 0.2) is 28.8 Å². The molecule has 0 radical (unpaired) electrons. The van der Waals surface area contributed by atoms with Crippen molar-refractivity contribution in [2.45, 2.75) is 19.8 Å². The van der Waals surface area contributed by atoms with Gasteiger partial charge >= 0.3 is 0 Å². The second-order valence-electron chi connectivity index (χ2n) is 6.76. The van der Waals surface area contributed by atoms with Crippen LogP contribution in [-0.4, -0.2) is 33.9 Å². The number of ether oxygens (including phenoxy) is 6. The fraction of sp³-hybridized carbons (Fsp3) is 0.318. The Balaban J connectivity index is 1.97. The number of fused-ring (bicyclic) bond motifs is 2. The van der Waals surface area contributed by atoms with E-state index in [0.29, 0.717) is 45.8 Å². The minimum atomic E-state index is -0.389. The van der Waals surface area contributed by atoms with Crippen molar-refractivity contribution < 1.29 is 33.2 Å². The first-order valence-electron chi connectivity index (χ1n) is 9.11. The minimum Gasteiger partial charge on any atom is -0.493 e. The molecule has 2 aliphatic rings. The molecule has 0 bridgehead atoms. The van der Waals surface area contributed by atoms with E-state index in [9.17, 15) is 4.79 Å². The van der Waals surface area contributed by atoms with Crippen LogP contribution in [0.15, 0.2) is 35.6 Å². The maximum Gasteiger partial charge on any atom is 0.231 e. The zero-order chi connectivity index (χ0) is 20.7. The number of Topliss-reactive ketones (excluding diaryl/α,β-unsaturated/α-hetero) is 1. The fourth-order valence-electron chi connectivity index (χ4n) is 3.90. The lowest BCUT2D eigenvalue weighted by atomic mass is 9.80. The number of rotatable bonds is 5. The number of carbonyl (C=O) groups excluding carboxylic acids is 1. The molecular formula is C22H22O7. The van der Waals surface area contributed by atoms with Gasteiger partial charge < -0.3 is 28.4 Å². The van der Waals surface area contributed by atoms with Crippen LogP contribution in [-0.2, 0) is 4.79 Å². The Labute approximate surface area is 168 Å². The summed E-state index contributed by atoms with van der Waals surface area (Å²) in [6.07, 6.45) is 0. The predicted octanol–water partition coefficient (Wildman–Crippen LogP) is 3.83. The molecule has 7 nitrogen and oxygen atoms in total. The zero-order valence-electron chi connectivity index (χ0n) is 17.0. The molecule has 0 aromatic heterocycles. The van der Waals surface area contributed by atoms with Crippen molar-refractivity contribution in [1.29, 1.82) is 0 Å². The monoisotopic (exact) mass is 398 g/mol. The number of methoxy groups -OCH3 is 3. The summed E-state index contributed by atoms with van der Waals surface area (Å²) < 4.78 is 33.5. The second kappa shape index (κ2) is 7.24. The molecule has 2 aromatic carbocycles. The summed E-state index contributed by atoms with van der Waals surface area (Å²) in [6, 6.07) is 7.35. The first-order chi connectivity index (χ1) is 14.0. The standard InChI is InChI=1S/C22H22O7/c1-11(23)20-12(2)29-15-9-17-16(27-10-28-17)8-14(15)21(20)13-6-18(24-3)22(26-5)19(7-13)25-4/h6-9,21H,10H2,1-5H3/t21-/m0/s1. The molecule has 7 heteroatoms. The van der Waals surface area contributed by atoms with Gasteiger partial charge in [-0.1, -0.05) is 0 Å². The molecule has 0 saturated carbocycles. The van der Waals surface area contributed by atoms with Crippen LogP contribution < -0.4 is 28.4 Å². The van der Waals surface area contributed by atoms with E-state index in [1.807, 2.05) is 18.2 Å². The minimum absolute atomic E-state index is 0.0791.